The fourth-order valence-electron chi connectivity index (χ4n) is 1.34. The number of carboxylic acids is 1. The monoisotopic (exact) mass is 255 g/mol. The smallest absolute Gasteiger partial charge is 0.306 e. The molecule has 1 aromatic carbocycles. The van der Waals surface area contributed by atoms with Crippen LogP contribution < -0.4 is 0 Å². The van der Waals surface area contributed by atoms with E-state index in [4.69, 9.17) is 22.0 Å². The lowest BCUT2D eigenvalue weighted by Crippen LogP contribution is -2.22. The van der Waals surface area contributed by atoms with Crippen LogP contribution in [0.15, 0.2) is 18.2 Å². The number of aliphatic hydroxyl groups excluding tert-OH is 2. The molecule has 0 fully saturated rings. The van der Waals surface area contributed by atoms with Crippen LogP contribution in [0.1, 0.15) is 23.7 Å². The molecule has 0 radical (unpaired) electrons. The van der Waals surface area contributed by atoms with E-state index >= 15 is 0 Å². The molecule has 1 aromatic rings. The van der Waals surface area contributed by atoms with Crippen LogP contribution in [0.2, 0.25) is 5.02 Å². The molecule has 0 saturated carbocycles. The predicted octanol–water partition coefficient (Wildman–Crippen LogP) is 1.08. The summed E-state index contributed by atoms with van der Waals surface area (Å²) in [4.78, 5) is 10.4. The zero-order valence-corrected chi connectivity index (χ0v) is 9.42. The van der Waals surface area contributed by atoms with Gasteiger partial charge in [0.1, 0.15) is 6.10 Å². The maximum atomic E-state index is 10.4. The van der Waals surface area contributed by atoms with Crippen molar-refractivity contribution in [2.75, 3.05) is 0 Å². The summed E-state index contributed by atoms with van der Waals surface area (Å²) >= 11 is 5.80. The highest BCUT2D eigenvalue weighted by molar-refractivity contribution is 6.31. The van der Waals surface area contributed by atoms with Crippen LogP contribution in [0, 0.1) is 11.3 Å². The first-order valence-corrected chi connectivity index (χ1v) is 5.11. The molecular weight excluding hydrogens is 246 g/mol. The van der Waals surface area contributed by atoms with E-state index in [1.54, 1.807) is 0 Å². The van der Waals surface area contributed by atoms with Gasteiger partial charge in [0.2, 0.25) is 0 Å². The number of carbonyl (C=O) groups is 1. The molecule has 6 heteroatoms. The summed E-state index contributed by atoms with van der Waals surface area (Å²) in [5.41, 5.74) is 0.408. The Morgan fingerprint density at radius 3 is 2.65 bits per heavy atom. The summed E-state index contributed by atoms with van der Waals surface area (Å²) in [5, 5.41) is 36.5. The van der Waals surface area contributed by atoms with Gasteiger partial charge in [-0.2, -0.15) is 5.26 Å². The van der Waals surface area contributed by atoms with Crippen molar-refractivity contribution in [3.8, 4) is 6.07 Å². The molecule has 90 valence electrons. The summed E-state index contributed by atoms with van der Waals surface area (Å²) in [6, 6.07) is 6.05. The molecule has 0 heterocycles. The normalized spacial score (nSPS) is 13.8. The lowest BCUT2D eigenvalue weighted by molar-refractivity contribution is -0.141. The minimum atomic E-state index is -1.47. The summed E-state index contributed by atoms with van der Waals surface area (Å²) in [7, 11) is 0. The molecule has 5 nitrogen and oxygen atoms in total. The van der Waals surface area contributed by atoms with Gasteiger partial charge in [0.15, 0.2) is 0 Å². The van der Waals surface area contributed by atoms with Gasteiger partial charge in [-0.1, -0.05) is 11.6 Å². The fraction of sp³-hybridized carbons (Fsp3) is 0.273. The second kappa shape index (κ2) is 5.64. The van der Waals surface area contributed by atoms with E-state index in [0.717, 1.165) is 0 Å². The minimum absolute atomic E-state index is 0.138. The Balaban J connectivity index is 2.99. The number of aliphatic carboxylic acids is 1. The molecule has 1 rings (SSSR count). The molecule has 2 unspecified atom stereocenters. The van der Waals surface area contributed by atoms with Gasteiger partial charge in [0, 0.05) is 10.6 Å². The van der Waals surface area contributed by atoms with Gasteiger partial charge in [0.25, 0.3) is 0 Å². The maximum absolute atomic E-state index is 10.4. The largest absolute Gasteiger partial charge is 0.481 e. The van der Waals surface area contributed by atoms with E-state index < -0.39 is 24.6 Å². The van der Waals surface area contributed by atoms with Crippen LogP contribution in [0.5, 0.6) is 0 Å². The van der Waals surface area contributed by atoms with Gasteiger partial charge < -0.3 is 15.3 Å². The van der Waals surface area contributed by atoms with Gasteiger partial charge in [-0.25, -0.2) is 0 Å². The van der Waals surface area contributed by atoms with Gasteiger partial charge in [0.05, 0.1) is 24.2 Å². The van der Waals surface area contributed by atoms with Crippen LogP contribution in [0.4, 0.5) is 0 Å². The first kappa shape index (κ1) is 13.5. The molecule has 0 amide bonds. The number of hydrogen-bond acceptors (Lipinski definition) is 4. The molecule has 0 saturated heterocycles. The zero-order valence-electron chi connectivity index (χ0n) is 8.67. The Morgan fingerprint density at radius 2 is 2.12 bits per heavy atom. The SMILES string of the molecule is N#Cc1ccc(Cl)c(C(O)C(O)CC(=O)O)c1. The predicted molar refractivity (Wildman–Crippen MR) is 59.4 cm³/mol. The van der Waals surface area contributed by atoms with Crippen molar-refractivity contribution in [3.63, 3.8) is 0 Å². The van der Waals surface area contributed by atoms with Crippen LogP contribution in [0.25, 0.3) is 0 Å². The Morgan fingerprint density at radius 1 is 1.47 bits per heavy atom. The van der Waals surface area contributed by atoms with Crippen LogP contribution in [0.3, 0.4) is 0 Å². The zero-order chi connectivity index (χ0) is 13.0. The topological polar surface area (TPSA) is 102 Å². The maximum Gasteiger partial charge on any atom is 0.306 e. The van der Waals surface area contributed by atoms with Crippen molar-refractivity contribution in [2.45, 2.75) is 18.6 Å². The Bertz CT molecular complexity index is 469. The summed E-state index contributed by atoms with van der Waals surface area (Å²) < 4.78 is 0. The minimum Gasteiger partial charge on any atom is -0.481 e. The number of nitriles is 1. The van der Waals surface area contributed by atoms with Crippen molar-refractivity contribution in [1.29, 1.82) is 5.26 Å². The van der Waals surface area contributed by atoms with E-state index in [2.05, 4.69) is 0 Å². The number of benzene rings is 1. The van der Waals surface area contributed by atoms with E-state index in [-0.39, 0.29) is 16.1 Å². The second-order valence-corrected chi connectivity index (χ2v) is 3.87. The van der Waals surface area contributed by atoms with Crippen molar-refractivity contribution < 1.29 is 20.1 Å². The molecular formula is C11H10ClNO4. The van der Waals surface area contributed by atoms with Crippen LogP contribution >= 0.6 is 11.6 Å². The molecule has 0 aromatic heterocycles. The Hall–Kier alpha value is -1.61. The molecule has 17 heavy (non-hydrogen) atoms. The average molecular weight is 256 g/mol. The van der Waals surface area contributed by atoms with Gasteiger partial charge in [-0.15, -0.1) is 0 Å². The standard InChI is InChI=1S/C11H10ClNO4/c12-8-2-1-6(5-13)3-7(8)11(17)9(14)4-10(15)16/h1-3,9,11,14,17H,4H2,(H,15,16). The third kappa shape index (κ3) is 3.43. The van der Waals surface area contributed by atoms with Crippen molar-refractivity contribution in [3.05, 3.63) is 34.3 Å². The molecule has 3 N–H and O–H groups in total. The van der Waals surface area contributed by atoms with Crippen molar-refractivity contribution in [1.82, 2.24) is 0 Å². The first-order chi connectivity index (χ1) is 7.95. The highest BCUT2D eigenvalue weighted by Gasteiger charge is 2.23. The van der Waals surface area contributed by atoms with Gasteiger partial charge in [-0.05, 0) is 18.2 Å². The number of hydrogen-bond donors (Lipinski definition) is 3. The third-order valence-corrected chi connectivity index (χ3v) is 2.54. The van der Waals surface area contributed by atoms with Crippen molar-refractivity contribution >= 4 is 17.6 Å². The van der Waals surface area contributed by atoms with Crippen LogP contribution in [-0.4, -0.2) is 27.4 Å². The summed E-state index contributed by atoms with van der Waals surface area (Å²) in [6.07, 6.45) is -3.51. The Kier molecular flexibility index (Phi) is 4.46. The Labute approximate surface area is 102 Å². The quantitative estimate of drug-likeness (QED) is 0.747. The second-order valence-electron chi connectivity index (χ2n) is 3.46. The number of halogens is 1. The van der Waals surface area contributed by atoms with Gasteiger partial charge in [-0.3, -0.25) is 4.79 Å². The lowest BCUT2D eigenvalue weighted by atomic mass is 10.0. The highest BCUT2D eigenvalue weighted by atomic mass is 35.5. The lowest BCUT2D eigenvalue weighted by Gasteiger charge is -2.17. The van der Waals surface area contributed by atoms with E-state index in [0.29, 0.717) is 0 Å². The van der Waals surface area contributed by atoms with E-state index in [9.17, 15) is 15.0 Å². The molecule has 0 aliphatic carbocycles. The molecule has 0 bridgehead atoms. The molecule has 0 aliphatic heterocycles. The third-order valence-electron chi connectivity index (χ3n) is 2.19. The van der Waals surface area contributed by atoms with E-state index in [1.165, 1.54) is 18.2 Å². The van der Waals surface area contributed by atoms with E-state index in [1.807, 2.05) is 6.07 Å². The van der Waals surface area contributed by atoms with Crippen LogP contribution in [-0.2, 0) is 4.79 Å². The van der Waals surface area contributed by atoms with Crippen molar-refractivity contribution in [2.24, 2.45) is 0 Å². The first-order valence-electron chi connectivity index (χ1n) is 4.73. The molecule has 0 spiro atoms. The van der Waals surface area contributed by atoms with Gasteiger partial charge >= 0.3 is 5.97 Å². The summed E-state index contributed by atoms with van der Waals surface area (Å²) in [5.74, 6) is -1.23. The molecule has 2 atom stereocenters. The number of nitrogens with zero attached hydrogens (tertiary/aromatic N) is 1. The average Bonchev–Trinajstić information content (AvgIpc) is 2.28. The number of aliphatic hydroxyl groups is 2. The fourth-order valence-corrected chi connectivity index (χ4v) is 1.57. The summed E-state index contributed by atoms with van der Waals surface area (Å²) in [6.45, 7) is 0. The number of rotatable bonds is 4. The number of carboxylic acid groups (broad SMARTS) is 1. The highest BCUT2D eigenvalue weighted by Crippen LogP contribution is 2.27. The molecule has 0 aliphatic rings.